The van der Waals surface area contributed by atoms with Crippen molar-refractivity contribution in [3.05, 3.63) is 36.0 Å². The number of hydrogen-bond donors (Lipinski definition) is 1. The highest BCUT2D eigenvalue weighted by atomic mass is 16.6. The van der Waals surface area contributed by atoms with Crippen LogP contribution in [0, 0.1) is 5.92 Å². The molecule has 2 heterocycles. The fourth-order valence-corrected chi connectivity index (χ4v) is 3.79. The molecule has 0 aromatic rings. The highest BCUT2D eigenvalue weighted by molar-refractivity contribution is 5.91. The molecule has 2 fully saturated rings. The summed E-state index contributed by atoms with van der Waals surface area (Å²) in [5.74, 6) is -0.251. The molecule has 1 aliphatic carbocycles. The van der Waals surface area contributed by atoms with Gasteiger partial charge in [-0.05, 0) is 59.0 Å². The summed E-state index contributed by atoms with van der Waals surface area (Å²) in [6, 6.07) is 0. The highest BCUT2D eigenvalue weighted by Gasteiger charge is 2.52. The molecule has 4 heteroatoms. The van der Waals surface area contributed by atoms with E-state index in [2.05, 4.69) is 13.5 Å². The van der Waals surface area contributed by atoms with Crippen molar-refractivity contribution in [2.45, 2.75) is 76.3 Å². The second-order valence-electron chi connectivity index (χ2n) is 7.97. The van der Waals surface area contributed by atoms with Crippen LogP contribution >= 0.6 is 0 Å². The molecule has 24 heavy (non-hydrogen) atoms. The van der Waals surface area contributed by atoms with E-state index < -0.39 is 5.60 Å². The Labute approximate surface area is 144 Å². The van der Waals surface area contributed by atoms with Crippen molar-refractivity contribution < 1.29 is 19.4 Å². The van der Waals surface area contributed by atoms with Gasteiger partial charge in [0.15, 0.2) is 0 Å². The first-order valence-corrected chi connectivity index (χ1v) is 8.85. The summed E-state index contributed by atoms with van der Waals surface area (Å²) >= 11 is 0. The molecule has 0 amide bonds. The van der Waals surface area contributed by atoms with Crippen LogP contribution in [-0.2, 0) is 14.3 Å². The van der Waals surface area contributed by atoms with E-state index in [1.807, 2.05) is 32.1 Å². The van der Waals surface area contributed by atoms with E-state index >= 15 is 0 Å². The number of allylic oxidation sites excluding steroid dienone is 2. The summed E-state index contributed by atoms with van der Waals surface area (Å²) in [5.41, 5.74) is 0.742. The van der Waals surface area contributed by atoms with Crippen molar-refractivity contribution in [2.24, 2.45) is 5.92 Å². The van der Waals surface area contributed by atoms with Gasteiger partial charge in [0, 0.05) is 11.5 Å². The molecule has 0 spiro atoms. The third kappa shape index (κ3) is 3.65. The molecule has 0 aromatic heterocycles. The molecule has 2 saturated heterocycles. The summed E-state index contributed by atoms with van der Waals surface area (Å²) in [4.78, 5) is 11.9. The Kier molecular flexibility index (Phi) is 4.47. The lowest BCUT2D eigenvalue weighted by atomic mass is 9.85. The molecule has 5 atom stereocenters. The lowest BCUT2D eigenvalue weighted by molar-refractivity contribution is -0.137. The third-order valence-corrected chi connectivity index (χ3v) is 5.61. The van der Waals surface area contributed by atoms with Gasteiger partial charge >= 0.3 is 5.97 Å². The monoisotopic (exact) mass is 332 g/mol. The maximum absolute atomic E-state index is 11.9. The fourth-order valence-electron chi connectivity index (χ4n) is 3.79. The second-order valence-corrected chi connectivity index (χ2v) is 7.97. The number of carbonyl (C=O) groups excluding carboxylic acids is 1. The van der Waals surface area contributed by atoms with Gasteiger partial charge in [0.05, 0.1) is 17.3 Å². The Morgan fingerprint density at radius 1 is 1.29 bits per heavy atom. The smallest absolute Gasteiger partial charge is 0.334 e. The molecule has 0 unspecified atom stereocenters. The minimum absolute atomic E-state index is 0.0316. The van der Waals surface area contributed by atoms with Crippen LogP contribution in [0.2, 0.25) is 0 Å². The van der Waals surface area contributed by atoms with Gasteiger partial charge in [-0.15, -0.1) is 0 Å². The Bertz CT molecular complexity index is 601. The molecule has 2 aliphatic heterocycles. The van der Waals surface area contributed by atoms with E-state index in [-0.39, 0.29) is 29.7 Å². The number of carbonyl (C=O) groups is 1. The molecule has 0 bridgehead atoms. The van der Waals surface area contributed by atoms with E-state index in [0.717, 1.165) is 31.3 Å². The predicted molar refractivity (Wildman–Crippen MR) is 92.4 cm³/mol. The normalized spacial score (nSPS) is 46.8. The molecular formula is C20H28O4. The van der Waals surface area contributed by atoms with Crippen molar-refractivity contribution in [3.8, 4) is 0 Å². The summed E-state index contributed by atoms with van der Waals surface area (Å²) in [5, 5.41) is 10.5. The Morgan fingerprint density at radius 3 is 2.79 bits per heavy atom. The fraction of sp³-hybridized carbons (Fsp3) is 0.650. The SMILES string of the molecule is C=C1C(=O)O[C@H]2/C=C(\C)C/C=C/[C@@](C)(O)CC[C@@H]3O[C@@]3(C)CC[C@@H]12. The van der Waals surface area contributed by atoms with E-state index in [4.69, 9.17) is 9.47 Å². The van der Waals surface area contributed by atoms with Crippen LogP contribution in [0.3, 0.4) is 0 Å². The molecular weight excluding hydrogens is 304 g/mol. The standard InChI is InChI=1S/C20H28O4/c1-13-6-5-9-19(3,22)10-8-17-20(4,24-17)11-7-15-14(2)18(21)23-16(15)12-13/h5,9,12,15-17,22H,2,6-8,10-11H2,1,3-4H3/b9-5+,13-12+/t15-,16-,17-,19+,20-/m0/s1. The average Bonchev–Trinajstić information content (AvgIpc) is 3.06. The number of esters is 1. The Balaban J connectivity index is 1.82. The van der Waals surface area contributed by atoms with Gasteiger partial charge in [-0.3, -0.25) is 0 Å². The maximum Gasteiger partial charge on any atom is 0.334 e. The van der Waals surface area contributed by atoms with Gasteiger partial charge in [0.25, 0.3) is 0 Å². The molecule has 3 aliphatic rings. The van der Waals surface area contributed by atoms with Gasteiger partial charge < -0.3 is 14.6 Å². The van der Waals surface area contributed by atoms with Crippen LogP contribution < -0.4 is 0 Å². The molecule has 1 N–H and O–H groups in total. The zero-order valence-electron chi connectivity index (χ0n) is 14.9. The van der Waals surface area contributed by atoms with Crippen molar-refractivity contribution in [1.29, 1.82) is 0 Å². The number of ether oxygens (including phenoxy) is 2. The predicted octanol–water partition coefficient (Wildman–Crippen LogP) is 3.46. The van der Waals surface area contributed by atoms with Crippen LogP contribution in [0.5, 0.6) is 0 Å². The zero-order chi connectivity index (χ0) is 17.5. The van der Waals surface area contributed by atoms with Gasteiger partial charge in [0.1, 0.15) is 6.10 Å². The first-order chi connectivity index (χ1) is 11.2. The number of rotatable bonds is 0. The highest BCUT2D eigenvalue weighted by Crippen LogP contribution is 2.46. The van der Waals surface area contributed by atoms with Crippen LogP contribution in [0.25, 0.3) is 0 Å². The van der Waals surface area contributed by atoms with Crippen molar-refractivity contribution in [1.82, 2.24) is 0 Å². The summed E-state index contributed by atoms with van der Waals surface area (Å²) < 4.78 is 11.4. The minimum atomic E-state index is -0.812. The maximum atomic E-state index is 11.9. The quantitative estimate of drug-likeness (QED) is 0.319. The molecule has 3 rings (SSSR count). The van der Waals surface area contributed by atoms with Crippen LogP contribution in [0.15, 0.2) is 36.0 Å². The van der Waals surface area contributed by atoms with Crippen molar-refractivity contribution in [3.63, 3.8) is 0 Å². The molecule has 132 valence electrons. The van der Waals surface area contributed by atoms with Crippen molar-refractivity contribution >= 4 is 5.97 Å². The van der Waals surface area contributed by atoms with Gasteiger partial charge in [-0.1, -0.05) is 24.3 Å². The number of hydrogen-bond acceptors (Lipinski definition) is 4. The van der Waals surface area contributed by atoms with E-state index in [1.54, 1.807) is 0 Å². The van der Waals surface area contributed by atoms with Crippen LogP contribution in [-0.4, -0.2) is 34.5 Å². The third-order valence-electron chi connectivity index (χ3n) is 5.61. The van der Waals surface area contributed by atoms with Gasteiger partial charge in [-0.2, -0.15) is 0 Å². The summed E-state index contributed by atoms with van der Waals surface area (Å²) in [6.07, 6.45) is 9.81. The zero-order valence-corrected chi connectivity index (χ0v) is 14.9. The van der Waals surface area contributed by atoms with Crippen molar-refractivity contribution in [2.75, 3.05) is 0 Å². The van der Waals surface area contributed by atoms with E-state index in [9.17, 15) is 9.90 Å². The van der Waals surface area contributed by atoms with Gasteiger partial charge in [-0.25, -0.2) is 4.79 Å². The average molecular weight is 332 g/mol. The van der Waals surface area contributed by atoms with Gasteiger partial charge in [0.2, 0.25) is 0 Å². The molecule has 0 aromatic carbocycles. The Morgan fingerprint density at radius 2 is 2.04 bits per heavy atom. The minimum Gasteiger partial charge on any atom is -0.454 e. The molecule has 0 saturated carbocycles. The topological polar surface area (TPSA) is 59.1 Å². The summed E-state index contributed by atoms with van der Waals surface area (Å²) in [7, 11) is 0. The Hall–Kier alpha value is -1.39. The molecule has 0 radical (unpaired) electrons. The first-order valence-electron chi connectivity index (χ1n) is 8.85. The van der Waals surface area contributed by atoms with Crippen LogP contribution in [0.1, 0.15) is 52.9 Å². The lowest BCUT2D eigenvalue weighted by Crippen LogP contribution is -2.23. The number of aliphatic hydroxyl groups is 1. The molecule has 4 nitrogen and oxygen atoms in total. The lowest BCUT2D eigenvalue weighted by Gasteiger charge is -2.20. The largest absolute Gasteiger partial charge is 0.454 e. The first kappa shape index (κ1) is 17.4. The number of fused-ring (bicyclic) bond motifs is 2. The number of epoxide rings is 1. The van der Waals surface area contributed by atoms with Crippen LogP contribution in [0.4, 0.5) is 0 Å². The van der Waals surface area contributed by atoms with E-state index in [1.165, 1.54) is 0 Å². The van der Waals surface area contributed by atoms with E-state index in [0.29, 0.717) is 12.0 Å². The summed E-state index contributed by atoms with van der Waals surface area (Å²) in [6.45, 7) is 9.92. The second kappa shape index (κ2) is 6.16.